The van der Waals surface area contributed by atoms with Gasteiger partial charge in [0.05, 0.1) is 0 Å². The molecule has 1 aromatic carbocycles. The summed E-state index contributed by atoms with van der Waals surface area (Å²) >= 11 is 0. The van der Waals surface area contributed by atoms with Crippen LogP contribution < -0.4 is 4.90 Å². The van der Waals surface area contributed by atoms with Crippen molar-refractivity contribution in [1.82, 2.24) is 0 Å². The Labute approximate surface area is 96.1 Å². The highest BCUT2D eigenvalue weighted by molar-refractivity contribution is 6.14. The molecule has 1 heterocycles. The number of carbonyl (C=O) groups is 2. The first kappa shape index (κ1) is 11.5. The molecule has 0 radical (unpaired) electrons. The number of carboxylic acid groups (broad SMARTS) is 1. The fraction of sp³-hybridized carbons (Fsp3) is 0.273. The van der Waals surface area contributed by atoms with Gasteiger partial charge in [0.2, 0.25) is 5.60 Å². The first-order chi connectivity index (χ1) is 7.95. The van der Waals surface area contributed by atoms with Crippen molar-refractivity contribution in [1.29, 1.82) is 0 Å². The molecular formula is C11H10FNO4. The summed E-state index contributed by atoms with van der Waals surface area (Å²) in [4.78, 5) is 23.7. The Bertz CT molecular complexity index is 473. The molecule has 1 aliphatic heterocycles. The minimum Gasteiger partial charge on any atom is -0.479 e. The number of aliphatic carboxylic acids is 1. The molecule has 2 N–H and O–H groups in total. The second-order valence-corrected chi connectivity index (χ2v) is 3.85. The van der Waals surface area contributed by atoms with Gasteiger partial charge in [-0.15, -0.1) is 0 Å². The molecule has 17 heavy (non-hydrogen) atoms. The number of rotatable bonds is 2. The molecule has 1 atom stereocenters. The minimum atomic E-state index is -2.37. The van der Waals surface area contributed by atoms with Crippen LogP contribution in [0.5, 0.6) is 0 Å². The molecule has 0 aliphatic carbocycles. The quantitative estimate of drug-likeness (QED) is 0.731. The normalized spacial score (nSPS) is 24.1. The molecule has 2 rings (SSSR count). The van der Waals surface area contributed by atoms with Crippen molar-refractivity contribution in [3.8, 4) is 0 Å². The average Bonchev–Trinajstić information content (AvgIpc) is 2.59. The van der Waals surface area contributed by atoms with Crippen LogP contribution in [-0.2, 0) is 9.59 Å². The SMILES string of the molecule is O=C(O)[C@@]1(O)CCN(c2ccc(F)cc2)C1=O. The lowest BCUT2D eigenvalue weighted by Crippen LogP contribution is -2.46. The summed E-state index contributed by atoms with van der Waals surface area (Å²) in [6, 6.07) is 5.06. The summed E-state index contributed by atoms with van der Waals surface area (Å²) < 4.78 is 12.7. The van der Waals surface area contributed by atoms with E-state index in [1.165, 1.54) is 24.3 Å². The van der Waals surface area contributed by atoms with Gasteiger partial charge in [0.25, 0.3) is 5.91 Å². The van der Waals surface area contributed by atoms with Crippen LogP contribution in [0.4, 0.5) is 10.1 Å². The Morgan fingerprint density at radius 1 is 1.35 bits per heavy atom. The Morgan fingerprint density at radius 2 is 1.94 bits per heavy atom. The molecule has 1 amide bonds. The monoisotopic (exact) mass is 239 g/mol. The van der Waals surface area contributed by atoms with Crippen molar-refractivity contribution in [2.45, 2.75) is 12.0 Å². The highest BCUT2D eigenvalue weighted by Crippen LogP contribution is 2.28. The number of halogens is 1. The molecular weight excluding hydrogens is 229 g/mol. The van der Waals surface area contributed by atoms with Gasteiger partial charge in [-0.2, -0.15) is 0 Å². The Hall–Kier alpha value is -1.95. The highest BCUT2D eigenvalue weighted by Gasteiger charge is 2.52. The second-order valence-electron chi connectivity index (χ2n) is 3.85. The fourth-order valence-electron chi connectivity index (χ4n) is 1.77. The third kappa shape index (κ3) is 1.76. The predicted molar refractivity (Wildman–Crippen MR) is 56.0 cm³/mol. The number of amides is 1. The number of carboxylic acids is 1. The zero-order chi connectivity index (χ0) is 12.6. The van der Waals surface area contributed by atoms with Crippen LogP contribution >= 0.6 is 0 Å². The van der Waals surface area contributed by atoms with E-state index in [4.69, 9.17) is 5.11 Å². The van der Waals surface area contributed by atoms with E-state index >= 15 is 0 Å². The third-order valence-electron chi connectivity index (χ3n) is 2.79. The topological polar surface area (TPSA) is 77.8 Å². The van der Waals surface area contributed by atoms with E-state index in [9.17, 15) is 19.1 Å². The molecule has 0 bridgehead atoms. The lowest BCUT2D eigenvalue weighted by atomic mass is 10.0. The third-order valence-corrected chi connectivity index (χ3v) is 2.79. The van der Waals surface area contributed by atoms with Crippen LogP contribution in [0.25, 0.3) is 0 Å². The van der Waals surface area contributed by atoms with Gasteiger partial charge in [0, 0.05) is 18.7 Å². The number of anilines is 1. The van der Waals surface area contributed by atoms with E-state index in [1.54, 1.807) is 0 Å². The summed E-state index contributed by atoms with van der Waals surface area (Å²) in [7, 11) is 0. The predicted octanol–water partition coefficient (Wildman–Crippen LogP) is 0.378. The van der Waals surface area contributed by atoms with Crippen LogP contribution in [0.1, 0.15) is 6.42 Å². The van der Waals surface area contributed by atoms with Crippen LogP contribution in [-0.4, -0.2) is 34.2 Å². The van der Waals surface area contributed by atoms with Gasteiger partial charge in [0.15, 0.2) is 0 Å². The van der Waals surface area contributed by atoms with Crippen molar-refractivity contribution < 1.29 is 24.2 Å². The second kappa shape index (κ2) is 3.81. The molecule has 5 nitrogen and oxygen atoms in total. The van der Waals surface area contributed by atoms with Crippen LogP contribution in [0.2, 0.25) is 0 Å². The smallest absolute Gasteiger partial charge is 0.345 e. The molecule has 0 aromatic heterocycles. The summed E-state index contributed by atoms with van der Waals surface area (Å²) in [5.41, 5.74) is -2.00. The zero-order valence-electron chi connectivity index (χ0n) is 8.76. The number of aliphatic hydroxyl groups is 1. The van der Waals surface area contributed by atoms with Gasteiger partial charge in [-0.1, -0.05) is 0 Å². The zero-order valence-corrected chi connectivity index (χ0v) is 8.76. The summed E-state index contributed by atoms with van der Waals surface area (Å²) in [5, 5.41) is 18.5. The van der Waals surface area contributed by atoms with Gasteiger partial charge < -0.3 is 15.1 Å². The van der Waals surface area contributed by atoms with E-state index in [0.29, 0.717) is 5.69 Å². The molecule has 1 aliphatic rings. The molecule has 0 spiro atoms. The molecule has 6 heteroatoms. The van der Waals surface area contributed by atoms with Gasteiger partial charge in [0.1, 0.15) is 5.82 Å². The maximum Gasteiger partial charge on any atom is 0.345 e. The van der Waals surface area contributed by atoms with Crippen molar-refractivity contribution >= 4 is 17.6 Å². The van der Waals surface area contributed by atoms with Gasteiger partial charge in [-0.25, -0.2) is 9.18 Å². The van der Waals surface area contributed by atoms with E-state index in [1.807, 2.05) is 0 Å². The number of benzene rings is 1. The first-order valence-corrected chi connectivity index (χ1v) is 4.98. The maximum atomic E-state index is 12.7. The van der Waals surface area contributed by atoms with Gasteiger partial charge in [-0.05, 0) is 24.3 Å². The van der Waals surface area contributed by atoms with Crippen molar-refractivity contribution in [2.75, 3.05) is 11.4 Å². The summed E-state index contributed by atoms with van der Waals surface area (Å²) in [6.45, 7) is 0.0905. The van der Waals surface area contributed by atoms with Crippen LogP contribution in [0, 0.1) is 5.82 Å². The Morgan fingerprint density at radius 3 is 2.41 bits per heavy atom. The van der Waals surface area contributed by atoms with Gasteiger partial charge >= 0.3 is 5.97 Å². The largest absolute Gasteiger partial charge is 0.479 e. The maximum absolute atomic E-state index is 12.7. The molecule has 1 aromatic rings. The number of carbonyl (C=O) groups excluding carboxylic acids is 1. The van der Waals surface area contributed by atoms with E-state index in [-0.39, 0.29) is 13.0 Å². The molecule has 1 fully saturated rings. The number of hydrogen-bond donors (Lipinski definition) is 2. The number of hydrogen-bond acceptors (Lipinski definition) is 3. The molecule has 90 valence electrons. The minimum absolute atomic E-state index is 0.0905. The first-order valence-electron chi connectivity index (χ1n) is 4.98. The highest BCUT2D eigenvalue weighted by atomic mass is 19.1. The van der Waals surface area contributed by atoms with Crippen molar-refractivity contribution in [2.24, 2.45) is 0 Å². The summed E-state index contributed by atoms with van der Waals surface area (Å²) in [5.74, 6) is -2.90. The molecule has 0 saturated carbocycles. The lowest BCUT2D eigenvalue weighted by Gasteiger charge is -2.18. The van der Waals surface area contributed by atoms with E-state index in [2.05, 4.69) is 0 Å². The van der Waals surface area contributed by atoms with Crippen molar-refractivity contribution in [3.63, 3.8) is 0 Å². The van der Waals surface area contributed by atoms with Crippen LogP contribution in [0.3, 0.4) is 0 Å². The van der Waals surface area contributed by atoms with Gasteiger partial charge in [-0.3, -0.25) is 4.79 Å². The Balaban J connectivity index is 2.29. The average molecular weight is 239 g/mol. The van der Waals surface area contributed by atoms with Crippen LogP contribution in [0.15, 0.2) is 24.3 Å². The lowest BCUT2D eigenvalue weighted by molar-refractivity contribution is -0.162. The van der Waals surface area contributed by atoms with E-state index in [0.717, 1.165) is 4.90 Å². The Kier molecular flexibility index (Phi) is 2.59. The number of nitrogens with zero attached hydrogens (tertiary/aromatic N) is 1. The van der Waals surface area contributed by atoms with Crippen molar-refractivity contribution in [3.05, 3.63) is 30.1 Å². The fourth-order valence-corrected chi connectivity index (χ4v) is 1.77. The standard InChI is InChI=1S/C11H10FNO4/c12-7-1-3-8(4-2-7)13-6-5-11(17,9(13)14)10(15)16/h1-4,17H,5-6H2,(H,15,16)/t11-/m1/s1. The van der Waals surface area contributed by atoms with E-state index < -0.39 is 23.3 Å². The molecule has 1 saturated heterocycles. The molecule has 0 unspecified atom stereocenters. The summed E-state index contributed by atoms with van der Waals surface area (Å²) in [6.07, 6.45) is -0.182.